The Kier molecular flexibility index (Phi) is 2.64. The molecule has 0 aliphatic heterocycles. The van der Waals surface area contributed by atoms with Crippen molar-refractivity contribution in [3.8, 4) is 5.69 Å². The van der Waals surface area contributed by atoms with Gasteiger partial charge in [-0.1, -0.05) is 11.6 Å². The van der Waals surface area contributed by atoms with Gasteiger partial charge < -0.3 is 5.73 Å². The Bertz CT molecular complexity index is 523. The van der Waals surface area contributed by atoms with Crippen LogP contribution in [0.15, 0.2) is 18.2 Å². The molecule has 4 heteroatoms. The molecule has 0 saturated heterocycles. The quantitative estimate of drug-likeness (QED) is 0.773. The zero-order valence-electron chi connectivity index (χ0n) is 9.58. The predicted molar refractivity (Wildman–Crippen MR) is 67.2 cm³/mol. The Morgan fingerprint density at radius 3 is 2.38 bits per heavy atom. The lowest BCUT2D eigenvalue weighted by Gasteiger charge is -2.06. The molecule has 0 aliphatic carbocycles. The zero-order chi connectivity index (χ0) is 11.9. The molecule has 0 saturated carbocycles. The van der Waals surface area contributed by atoms with Gasteiger partial charge in [-0.05, 0) is 44.5 Å². The molecule has 1 heterocycles. The van der Waals surface area contributed by atoms with E-state index in [4.69, 9.17) is 17.3 Å². The largest absolute Gasteiger partial charge is 0.399 e. The van der Waals surface area contributed by atoms with E-state index < -0.39 is 0 Å². The predicted octanol–water partition coefficient (Wildman–Crippen LogP) is 3.03. The normalized spacial score (nSPS) is 10.8. The average Bonchev–Trinajstić information content (AvgIpc) is 2.44. The van der Waals surface area contributed by atoms with Crippen LogP contribution in [0.25, 0.3) is 5.69 Å². The van der Waals surface area contributed by atoms with Crippen LogP contribution in [0.2, 0.25) is 5.02 Å². The van der Waals surface area contributed by atoms with Gasteiger partial charge in [-0.2, -0.15) is 5.10 Å². The Balaban J connectivity index is 2.62. The molecular weight excluding hydrogens is 222 g/mol. The van der Waals surface area contributed by atoms with Crippen LogP contribution in [-0.4, -0.2) is 9.78 Å². The monoisotopic (exact) mass is 235 g/mol. The number of hydrogen-bond donors (Lipinski definition) is 1. The molecule has 1 aromatic heterocycles. The molecule has 0 unspecified atom stereocenters. The van der Waals surface area contributed by atoms with Crippen molar-refractivity contribution in [3.63, 3.8) is 0 Å². The molecule has 0 bridgehead atoms. The number of rotatable bonds is 1. The highest BCUT2D eigenvalue weighted by molar-refractivity contribution is 6.31. The molecule has 84 valence electrons. The summed E-state index contributed by atoms with van der Waals surface area (Å²) < 4.78 is 1.82. The van der Waals surface area contributed by atoms with Gasteiger partial charge in [0.15, 0.2) is 0 Å². The molecule has 3 nitrogen and oxygen atoms in total. The Labute approximate surface area is 99.8 Å². The minimum atomic E-state index is 0.708. The minimum absolute atomic E-state index is 0.708. The summed E-state index contributed by atoms with van der Waals surface area (Å²) in [6.07, 6.45) is 0. The lowest BCUT2D eigenvalue weighted by Crippen LogP contribution is -2.00. The fourth-order valence-corrected chi connectivity index (χ4v) is 1.91. The van der Waals surface area contributed by atoms with E-state index in [2.05, 4.69) is 5.10 Å². The molecule has 16 heavy (non-hydrogen) atoms. The fourth-order valence-electron chi connectivity index (χ4n) is 1.79. The maximum Gasteiger partial charge on any atom is 0.0848 e. The van der Waals surface area contributed by atoms with Crippen molar-refractivity contribution in [2.75, 3.05) is 5.73 Å². The van der Waals surface area contributed by atoms with Gasteiger partial charge in [0.1, 0.15) is 0 Å². The smallest absolute Gasteiger partial charge is 0.0848 e. The topological polar surface area (TPSA) is 43.8 Å². The number of aryl methyl sites for hydroxylation is 2. The zero-order valence-corrected chi connectivity index (χ0v) is 10.3. The van der Waals surface area contributed by atoms with E-state index in [-0.39, 0.29) is 0 Å². The van der Waals surface area contributed by atoms with Crippen molar-refractivity contribution < 1.29 is 0 Å². The van der Waals surface area contributed by atoms with Gasteiger partial charge in [-0.25, -0.2) is 4.68 Å². The van der Waals surface area contributed by atoms with Crippen LogP contribution in [0.5, 0.6) is 0 Å². The Hall–Kier alpha value is -1.48. The number of anilines is 1. The number of nitrogen functional groups attached to an aromatic ring is 1. The molecular formula is C12H14ClN3. The molecule has 0 atom stereocenters. The van der Waals surface area contributed by atoms with E-state index >= 15 is 0 Å². The molecule has 1 aromatic carbocycles. The number of hydrogen-bond acceptors (Lipinski definition) is 2. The number of halogens is 1. The third kappa shape index (κ3) is 1.78. The third-order valence-corrected chi connectivity index (χ3v) is 3.08. The highest BCUT2D eigenvalue weighted by Crippen LogP contribution is 2.23. The van der Waals surface area contributed by atoms with E-state index in [0.29, 0.717) is 5.02 Å². The average molecular weight is 236 g/mol. The second kappa shape index (κ2) is 3.83. The number of benzene rings is 1. The highest BCUT2D eigenvalue weighted by atomic mass is 35.5. The first kappa shape index (κ1) is 11.0. The van der Waals surface area contributed by atoms with Crippen LogP contribution < -0.4 is 5.73 Å². The second-order valence-electron chi connectivity index (χ2n) is 4.00. The van der Waals surface area contributed by atoms with E-state index in [0.717, 1.165) is 28.3 Å². The Morgan fingerprint density at radius 1 is 1.19 bits per heavy atom. The van der Waals surface area contributed by atoms with E-state index in [1.807, 2.05) is 43.7 Å². The van der Waals surface area contributed by atoms with Gasteiger partial charge in [-0.3, -0.25) is 0 Å². The summed E-state index contributed by atoms with van der Waals surface area (Å²) in [4.78, 5) is 0. The summed E-state index contributed by atoms with van der Waals surface area (Å²) in [6.45, 7) is 5.85. The second-order valence-corrected chi connectivity index (χ2v) is 4.38. The van der Waals surface area contributed by atoms with Gasteiger partial charge in [0, 0.05) is 5.69 Å². The van der Waals surface area contributed by atoms with Crippen LogP contribution in [-0.2, 0) is 0 Å². The summed E-state index contributed by atoms with van der Waals surface area (Å²) in [5.74, 6) is 0. The summed E-state index contributed by atoms with van der Waals surface area (Å²) in [7, 11) is 0. The summed E-state index contributed by atoms with van der Waals surface area (Å²) in [5.41, 5.74) is 10.4. The molecule has 2 N–H and O–H groups in total. The first-order chi connectivity index (χ1) is 7.49. The Morgan fingerprint density at radius 2 is 1.88 bits per heavy atom. The van der Waals surface area contributed by atoms with Gasteiger partial charge >= 0.3 is 0 Å². The summed E-state index contributed by atoms with van der Waals surface area (Å²) in [6, 6.07) is 5.85. The van der Waals surface area contributed by atoms with Crippen LogP contribution >= 0.6 is 11.6 Å². The number of aromatic nitrogens is 2. The summed E-state index contributed by atoms with van der Waals surface area (Å²) >= 11 is 6.11. The standard InChI is InChI=1S/C12H14ClN3/c1-7-4-10(14)6-11(5-7)16-9(3)12(13)8(2)15-16/h4-6H,14H2,1-3H3. The van der Waals surface area contributed by atoms with Crippen molar-refractivity contribution >= 4 is 17.3 Å². The molecule has 2 rings (SSSR count). The summed E-state index contributed by atoms with van der Waals surface area (Å²) in [5, 5.41) is 5.10. The van der Waals surface area contributed by atoms with Gasteiger partial charge in [0.25, 0.3) is 0 Å². The first-order valence-electron chi connectivity index (χ1n) is 5.08. The maximum atomic E-state index is 6.11. The van der Waals surface area contributed by atoms with Crippen LogP contribution in [0.4, 0.5) is 5.69 Å². The molecule has 0 radical (unpaired) electrons. The minimum Gasteiger partial charge on any atom is -0.399 e. The van der Waals surface area contributed by atoms with E-state index in [1.54, 1.807) is 0 Å². The number of nitrogens with two attached hydrogens (primary N) is 1. The molecule has 0 fully saturated rings. The van der Waals surface area contributed by atoms with Gasteiger partial charge in [-0.15, -0.1) is 0 Å². The van der Waals surface area contributed by atoms with Crippen LogP contribution in [0.3, 0.4) is 0 Å². The first-order valence-corrected chi connectivity index (χ1v) is 5.46. The van der Waals surface area contributed by atoms with Crippen molar-refractivity contribution in [2.45, 2.75) is 20.8 Å². The third-order valence-electron chi connectivity index (χ3n) is 2.53. The SMILES string of the molecule is Cc1cc(N)cc(-n2nc(C)c(Cl)c2C)c1. The van der Waals surface area contributed by atoms with Gasteiger partial charge in [0.2, 0.25) is 0 Å². The van der Waals surface area contributed by atoms with Crippen molar-refractivity contribution in [3.05, 3.63) is 40.2 Å². The molecule has 0 aliphatic rings. The molecule has 0 amide bonds. The van der Waals surface area contributed by atoms with Crippen LogP contribution in [0, 0.1) is 20.8 Å². The van der Waals surface area contributed by atoms with Gasteiger partial charge in [0.05, 0.1) is 22.1 Å². The molecule has 0 spiro atoms. The number of nitrogens with zero attached hydrogens (tertiary/aromatic N) is 2. The van der Waals surface area contributed by atoms with E-state index in [1.165, 1.54) is 0 Å². The van der Waals surface area contributed by atoms with Crippen molar-refractivity contribution in [2.24, 2.45) is 0 Å². The lowest BCUT2D eigenvalue weighted by atomic mass is 10.2. The van der Waals surface area contributed by atoms with E-state index in [9.17, 15) is 0 Å². The molecule has 2 aromatic rings. The van der Waals surface area contributed by atoms with Crippen molar-refractivity contribution in [1.29, 1.82) is 0 Å². The fraction of sp³-hybridized carbons (Fsp3) is 0.250. The van der Waals surface area contributed by atoms with Crippen LogP contribution in [0.1, 0.15) is 17.0 Å². The van der Waals surface area contributed by atoms with Crippen molar-refractivity contribution in [1.82, 2.24) is 9.78 Å². The highest BCUT2D eigenvalue weighted by Gasteiger charge is 2.10. The maximum absolute atomic E-state index is 6.11. The lowest BCUT2D eigenvalue weighted by molar-refractivity contribution is 0.833.